The highest BCUT2D eigenvalue weighted by molar-refractivity contribution is 9.09. The van der Waals surface area contributed by atoms with Crippen molar-refractivity contribution >= 4 is 27.5 Å². The van der Waals surface area contributed by atoms with Gasteiger partial charge >= 0.3 is 0 Å². The SMILES string of the molecule is Cc1oc(C)c(C(Br)Cc2ccccc2Cl)c1C. The highest BCUT2D eigenvalue weighted by atomic mass is 79.9. The topological polar surface area (TPSA) is 13.1 Å². The Kier molecular flexibility index (Phi) is 4.18. The molecule has 1 aromatic carbocycles. The van der Waals surface area contributed by atoms with Crippen molar-refractivity contribution in [1.82, 2.24) is 0 Å². The van der Waals surface area contributed by atoms with Crippen LogP contribution in [0.3, 0.4) is 0 Å². The molecular formula is C15H16BrClO. The van der Waals surface area contributed by atoms with Crippen LogP contribution in [-0.4, -0.2) is 0 Å². The van der Waals surface area contributed by atoms with E-state index in [9.17, 15) is 0 Å². The summed E-state index contributed by atoms with van der Waals surface area (Å²) >= 11 is 9.95. The average molecular weight is 328 g/mol. The predicted octanol–water partition coefficient (Wildman–Crippen LogP) is 5.54. The molecule has 0 spiro atoms. The third kappa shape index (κ3) is 2.65. The maximum absolute atomic E-state index is 6.20. The van der Waals surface area contributed by atoms with E-state index in [1.807, 2.05) is 32.0 Å². The Hall–Kier alpha value is -0.730. The van der Waals surface area contributed by atoms with E-state index < -0.39 is 0 Å². The Bertz CT molecular complexity index is 560. The zero-order valence-electron chi connectivity index (χ0n) is 10.8. The van der Waals surface area contributed by atoms with Crippen LogP contribution in [0.15, 0.2) is 28.7 Å². The first kappa shape index (κ1) is 13.7. The third-order valence-electron chi connectivity index (χ3n) is 3.29. The molecule has 0 fully saturated rings. The summed E-state index contributed by atoms with van der Waals surface area (Å²) in [5.41, 5.74) is 3.62. The largest absolute Gasteiger partial charge is 0.466 e. The lowest BCUT2D eigenvalue weighted by Gasteiger charge is -2.11. The van der Waals surface area contributed by atoms with E-state index in [1.54, 1.807) is 0 Å². The van der Waals surface area contributed by atoms with Crippen molar-refractivity contribution in [3.05, 3.63) is 57.5 Å². The van der Waals surface area contributed by atoms with Gasteiger partial charge in [-0.3, -0.25) is 0 Å². The predicted molar refractivity (Wildman–Crippen MR) is 79.7 cm³/mol. The molecule has 0 N–H and O–H groups in total. The van der Waals surface area contributed by atoms with Gasteiger partial charge in [0.05, 0.1) is 0 Å². The molecule has 0 aliphatic heterocycles. The minimum absolute atomic E-state index is 0.231. The fourth-order valence-corrected chi connectivity index (χ4v) is 3.46. The van der Waals surface area contributed by atoms with Crippen LogP contribution in [0.25, 0.3) is 0 Å². The molecule has 0 amide bonds. The smallest absolute Gasteiger partial charge is 0.105 e. The molecule has 0 aliphatic rings. The summed E-state index contributed by atoms with van der Waals surface area (Å²) in [4.78, 5) is 0.231. The van der Waals surface area contributed by atoms with Crippen LogP contribution in [0.2, 0.25) is 5.02 Å². The molecule has 0 radical (unpaired) electrons. The van der Waals surface area contributed by atoms with E-state index in [2.05, 4.69) is 28.9 Å². The fraction of sp³-hybridized carbons (Fsp3) is 0.333. The number of hydrogen-bond donors (Lipinski definition) is 0. The third-order valence-corrected chi connectivity index (χ3v) is 4.44. The zero-order chi connectivity index (χ0) is 13.3. The van der Waals surface area contributed by atoms with Crippen molar-refractivity contribution in [3.8, 4) is 0 Å². The Labute approximate surface area is 121 Å². The lowest BCUT2D eigenvalue weighted by Crippen LogP contribution is -1.98. The van der Waals surface area contributed by atoms with Gasteiger partial charge in [-0.15, -0.1) is 0 Å². The summed E-state index contributed by atoms with van der Waals surface area (Å²) in [7, 11) is 0. The van der Waals surface area contributed by atoms with Crippen LogP contribution in [0.1, 0.15) is 33.0 Å². The van der Waals surface area contributed by atoms with Crippen molar-refractivity contribution in [2.45, 2.75) is 32.0 Å². The van der Waals surface area contributed by atoms with Crippen molar-refractivity contribution < 1.29 is 4.42 Å². The standard InChI is InChI=1S/C15H16BrClO/c1-9-10(2)18-11(3)15(9)13(16)8-12-6-4-5-7-14(12)17/h4-7,13H,8H2,1-3H3. The van der Waals surface area contributed by atoms with E-state index >= 15 is 0 Å². The fourth-order valence-electron chi connectivity index (χ4n) is 2.23. The first-order valence-corrected chi connectivity index (χ1v) is 7.24. The van der Waals surface area contributed by atoms with Gasteiger partial charge in [0.2, 0.25) is 0 Å². The van der Waals surface area contributed by atoms with Gasteiger partial charge in [-0.2, -0.15) is 0 Å². The van der Waals surface area contributed by atoms with Gasteiger partial charge in [0.1, 0.15) is 11.5 Å². The normalized spacial score (nSPS) is 12.7. The van der Waals surface area contributed by atoms with Crippen molar-refractivity contribution in [2.24, 2.45) is 0 Å². The minimum atomic E-state index is 0.231. The molecule has 2 rings (SSSR count). The molecule has 1 unspecified atom stereocenters. The molecule has 96 valence electrons. The van der Waals surface area contributed by atoms with E-state index in [-0.39, 0.29) is 4.83 Å². The highest BCUT2D eigenvalue weighted by Crippen LogP contribution is 2.36. The van der Waals surface area contributed by atoms with E-state index in [0.717, 1.165) is 28.5 Å². The van der Waals surface area contributed by atoms with E-state index in [1.165, 1.54) is 11.1 Å². The number of benzene rings is 1. The Balaban J connectivity index is 2.28. The summed E-state index contributed by atoms with van der Waals surface area (Å²) < 4.78 is 5.67. The molecule has 0 saturated heterocycles. The minimum Gasteiger partial charge on any atom is -0.466 e. The van der Waals surface area contributed by atoms with Crippen molar-refractivity contribution in [2.75, 3.05) is 0 Å². The summed E-state index contributed by atoms with van der Waals surface area (Å²) in [5.74, 6) is 1.98. The number of hydrogen-bond acceptors (Lipinski definition) is 1. The molecule has 0 bridgehead atoms. The molecular weight excluding hydrogens is 312 g/mol. The van der Waals surface area contributed by atoms with Gasteiger partial charge < -0.3 is 4.42 Å². The summed E-state index contributed by atoms with van der Waals surface area (Å²) in [6, 6.07) is 7.96. The van der Waals surface area contributed by atoms with Crippen LogP contribution < -0.4 is 0 Å². The zero-order valence-corrected chi connectivity index (χ0v) is 13.1. The van der Waals surface area contributed by atoms with Crippen LogP contribution >= 0.6 is 27.5 Å². The highest BCUT2D eigenvalue weighted by Gasteiger charge is 2.19. The van der Waals surface area contributed by atoms with Gasteiger partial charge in [0.25, 0.3) is 0 Å². The van der Waals surface area contributed by atoms with Crippen LogP contribution in [0.5, 0.6) is 0 Å². The van der Waals surface area contributed by atoms with Gasteiger partial charge in [0.15, 0.2) is 0 Å². The molecule has 3 heteroatoms. The number of halogens is 2. The van der Waals surface area contributed by atoms with Gasteiger partial charge in [-0.25, -0.2) is 0 Å². The first-order chi connectivity index (χ1) is 8.50. The molecule has 1 atom stereocenters. The number of furan rings is 1. The second kappa shape index (κ2) is 5.50. The van der Waals surface area contributed by atoms with Gasteiger partial charge in [-0.05, 0) is 44.4 Å². The maximum atomic E-state index is 6.20. The number of alkyl halides is 1. The molecule has 1 aromatic heterocycles. The number of rotatable bonds is 3. The summed E-state index contributed by atoms with van der Waals surface area (Å²) in [6.07, 6.45) is 0.861. The molecule has 2 aromatic rings. The maximum Gasteiger partial charge on any atom is 0.105 e. The van der Waals surface area contributed by atoms with Crippen molar-refractivity contribution in [3.63, 3.8) is 0 Å². The molecule has 0 saturated carbocycles. The Morgan fingerprint density at radius 1 is 1.17 bits per heavy atom. The average Bonchev–Trinajstić information content (AvgIpc) is 2.56. The van der Waals surface area contributed by atoms with E-state index in [4.69, 9.17) is 16.0 Å². The lowest BCUT2D eigenvalue weighted by molar-refractivity contribution is 0.499. The second-order valence-electron chi connectivity index (χ2n) is 4.52. The quantitative estimate of drug-likeness (QED) is 0.675. The van der Waals surface area contributed by atoms with Gasteiger partial charge in [0, 0.05) is 15.4 Å². The van der Waals surface area contributed by atoms with Crippen LogP contribution in [0, 0.1) is 20.8 Å². The lowest BCUT2D eigenvalue weighted by atomic mass is 10.0. The van der Waals surface area contributed by atoms with Crippen LogP contribution in [0.4, 0.5) is 0 Å². The number of aryl methyl sites for hydroxylation is 2. The monoisotopic (exact) mass is 326 g/mol. The first-order valence-electron chi connectivity index (χ1n) is 5.94. The molecule has 0 aliphatic carbocycles. The summed E-state index contributed by atoms with van der Waals surface area (Å²) in [6.45, 7) is 6.11. The second-order valence-corrected chi connectivity index (χ2v) is 6.03. The molecule has 1 heterocycles. The van der Waals surface area contributed by atoms with Crippen molar-refractivity contribution in [1.29, 1.82) is 0 Å². The Morgan fingerprint density at radius 2 is 1.83 bits per heavy atom. The van der Waals surface area contributed by atoms with Gasteiger partial charge in [-0.1, -0.05) is 45.7 Å². The van der Waals surface area contributed by atoms with Crippen LogP contribution in [-0.2, 0) is 6.42 Å². The van der Waals surface area contributed by atoms with E-state index in [0.29, 0.717) is 0 Å². The molecule has 18 heavy (non-hydrogen) atoms. The summed E-state index contributed by atoms with van der Waals surface area (Å²) in [5, 5.41) is 0.817. The molecule has 1 nitrogen and oxygen atoms in total. The Morgan fingerprint density at radius 3 is 2.39 bits per heavy atom.